The molecule has 0 aromatic rings. The van der Waals surface area contributed by atoms with Gasteiger partial charge in [-0.15, -0.1) is 0 Å². The lowest BCUT2D eigenvalue weighted by Gasteiger charge is -2.42. The van der Waals surface area contributed by atoms with Crippen molar-refractivity contribution < 1.29 is 9.84 Å². The molecule has 2 N–H and O–H groups in total. The quantitative estimate of drug-likeness (QED) is 0.733. The molecule has 1 rings (SSSR count). The van der Waals surface area contributed by atoms with Crippen LogP contribution in [-0.4, -0.2) is 36.0 Å². The molecule has 1 aliphatic rings. The van der Waals surface area contributed by atoms with Crippen LogP contribution in [0, 0.1) is 0 Å². The Morgan fingerprint density at radius 2 is 2.27 bits per heavy atom. The van der Waals surface area contributed by atoms with Gasteiger partial charge in [-0.1, -0.05) is 13.8 Å². The Hall–Kier alpha value is -0.120. The first-order valence-corrected chi connectivity index (χ1v) is 6.16. The van der Waals surface area contributed by atoms with E-state index in [9.17, 15) is 5.11 Å². The first kappa shape index (κ1) is 12.9. The van der Waals surface area contributed by atoms with E-state index in [1.807, 2.05) is 0 Å². The van der Waals surface area contributed by atoms with Gasteiger partial charge < -0.3 is 15.2 Å². The Bertz CT molecular complexity index is 182. The second-order valence-corrected chi connectivity index (χ2v) is 4.75. The zero-order chi connectivity index (χ0) is 11.3. The Labute approximate surface area is 93.2 Å². The lowest BCUT2D eigenvalue weighted by molar-refractivity contribution is -0.0489. The van der Waals surface area contributed by atoms with E-state index < -0.39 is 0 Å². The Kier molecular flexibility index (Phi) is 5.03. The van der Waals surface area contributed by atoms with E-state index in [-0.39, 0.29) is 12.1 Å². The molecule has 0 bridgehead atoms. The van der Waals surface area contributed by atoms with Gasteiger partial charge in [-0.2, -0.15) is 0 Å². The highest BCUT2D eigenvalue weighted by Gasteiger charge is 2.36. The van der Waals surface area contributed by atoms with E-state index in [4.69, 9.17) is 4.74 Å². The van der Waals surface area contributed by atoms with Crippen LogP contribution in [0.1, 0.15) is 46.5 Å². The number of hydrogen-bond donors (Lipinski definition) is 2. The Balaban J connectivity index is 2.57. The maximum Gasteiger partial charge on any atom is 0.0615 e. The summed E-state index contributed by atoms with van der Waals surface area (Å²) >= 11 is 0. The van der Waals surface area contributed by atoms with Crippen molar-refractivity contribution >= 4 is 0 Å². The predicted molar refractivity (Wildman–Crippen MR) is 62.0 cm³/mol. The minimum absolute atomic E-state index is 0.103. The fraction of sp³-hybridized carbons (Fsp3) is 1.00. The molecule has 3 unspecified atom stereocenters. The van der Waals surface area contributed by atoms with Crippen LogP contribution in [0.4, 0.5) is 0 Å². The molecular weight excluding hydrogens is 190 g/mol. The molecule has 1 fully saturated rings. The highest BCUT2D eigenvalue weighted by atomic mass is 16.5. The summed E-state index contributed by atoms with van der Waals surface area (Å²) in [6, 6.07) is 0.466. The third-order valence-electron chi connectivity index (χ3n) is 3.48. The van der Waals surface area contributed by atoms with Gasteiger partial charge in [0, 0.05) is 18.2 Å². The number of nitrogens with one attached hydrogen (secondary N) is 1. The molecule has 90 valence electrons. The molecule has 0 spiro atoms. The van der Waals surface area contributed by atoms with Gasteiger partial charge in [0.25, 0.3) is 0 Å². The Morgan fingerprint density at radius 3 is 2.80 bits per heavy atom. The fourth-order valence-corrected chi connectivity index (χ4v) is 2.23. The second-order valence-electron chi connectivity index (χ2n) is 4.75. The summed E-state index contributed by atoms with van der Waals surface area (Å²) in [4.78, 5) is 0. The van der Waals surface area contributed by atoms with Gasteiger partial charge >= 0.3 is 0 Å². The molecule has 1 aliphatic heterocycles. The molecule has 3 heteroatoms. The standard InChI is InChI=1S/C12H25NO2/c1-4-10(3)13-12(9-14)6-7-15-11(5-2)8-12/h10-11,13-14H,4-9H2,1-3H3. The van der Waals surface area contributed by atoms with Crippen LogP contribution in [0.15, 0.2) is 0 Å². The first-order valence-electron chi connectivity index (χ1n) is 6.16. The summed E-state index contributed by atoms with van der Waals surface area (Å²) in [5.41, 5.74) is -0.103. The van der Waals surface area contributed by atoms with Crippen molar-refractivity contribution in [2.75, 3.05) is 13.2 Å². The van der Waals surface area contributed by atoms with Gasteiger partial charge in [-0.05, 0) is 32.6 Å². The van der Waals surface area contributed by atoms with E-state index in [0.717, 1.165) is 32.3 Å². The highest BCUT2D eigenvalue weighted by Crippen LogP contribution is 2.26. The summed E-state index contributed by atoms with van der Waals surface area (Å²) in [7, 11) is 0. The van der Waals surface area contributed by atoms with Crippen LogP contribution in [0.25, 0.3) is 0 Å². The van der Waals surface area contributed by atoms with Crippen molar-refractivity contribution in [1.82, 2.24) is 5.32 Å². The minimum Gasteiger partial charge on any atom is -0.394 e. The van der Waals surface area contributed by atoms with Crippen LogP contribution in [0.5, 0.6) is 0 Å². The van der Waals surface area contributed by atoms with Gasteiger partial charge in [0.05, 0.1) is 12.7 Å². The van der Waals surface area contributed by atoms with Crippen molar-refractivity contribution in [3.8, 4) is 0 Å². The molecule has 3 atom stereocenters. The first-order chi connectivity index (χ1) is 7.15. The molecule has 15 heavy (non-hydrogen) atoms. The van der Waals surface area contributed by atoms with Crippen molar-refractivity contribution in [2.45, 2.75) is 64.1 Å². The summed E-state index contributed by atoms with van der Waals surface area (Å²) < 4.78 is 5.65. The molecule has 0 aliphatic carbocycles. The molecule has 0 radical (unpaired) electrons. The number of ether oxygens (including phenoxy) is 1. The topological polar surface area (TPSA) is 41.5 Å². The smallest absolute Gasteiger partial charge is 0.0615 e. The van der Waals surface area contributed by atoms with Crippen molar-refractivity contribution in [1.29, 1.82) is 0 Å². The maximum absolute atomic E-state index is 9.58. The monoisotopic (exact) mass is 215 g/mol. The molecule has 0 aromatic carbocycles. The van der Waals surface area contributed by atoms with Gasteiger partial charge in [-0.25, -0.2) is 0 Å². The molecule has 0 amide bonds. The zero-order valence-electron chi connectivity index (χ0n) is 10.3. The van der Waals surface area contributed by atoms with Gasteiger partial charge in [0.1, 0.15) is 0 Å². The van der Waals surface area contributed by atoms with Crippen molar-refractivity contribution in [2.24, 2.45) is 0 Å². The highest BCUT2D eigenvalue weighted by molar-refractivity contribution is 4.94. The summed E-state index contributed by atoms with van der Waals surface area (Å²) in [6.45, 7) is 7.47. The van der Waals surface area contributed by atoms with Crippen molar-refractivity contribution in [3.63, 3.8) is 0 Å². The van der Waals surface area contributed by atoms with E-state index >= 15 is 0 Å². The van der Waals surface area contributed by atoms with Crippen LogP contribution >= 0.6 is 0 Å². The summed E-state index contributed by atoms with van der Waals surface area (Å²) in [5, 5.41) is 13.1. The van der Waals surface area contributed by atoms with Crippen LogP contribution < -0.4 is 5.32 Å². The van der Waals surface area contributed by atoms with E-state index in [0.29, 0.717) is 12.1 Å². The number of rotatable bonds is 5. The largest absolute Gasteiger partial charge is 0.394 e. The normalized spacial score (nSPS) is 34.0. The third-order valence-corrected chi connectivity index (χ3v) is 3.48. The second kappa shape index (κ2) is 5.83. The maximum atomic E-state index is 9.58. The number of aliphatic hydroxyl groups excluding tert-OH is 1. The molecule has 0 aromatic heterocycles. The predicted octanol–water partition coefficient (Wildman–Crippen LogP) is 1.69. The molecule has 1 saturated heterocycles. The Morgan fingerprint density at radius 1 is 1.53 bits per heavy atom. The van der Waals surface area contributed by atoms with E-state index in [1.165, 1.54) is 0 Å². The van der Waals surface area contributed by atoms with Crippen LogP contribution in [0.2, 0.25) is 0 Å². The average Bonchev–Trinajstić information content (AvgIpc) is 2.29. The van der Waals surface area contributed by atoms with Crippen LogP contribution in [-0.2, 0) is 4.74 Å². The molecular formula is C12H25NO2. The zero-order valence-corrected chi connectivity index (χ0v) is 10.3. The fourth-order valence-electron chi connectivity index (χ4n) is 2.23. The molecule has 1 heterocycles. The lowest BCUT2D eigenvalue weighted by Crippen LogP contribution is -2.57. The van der Waals surface area contributed by atoms with Gasteiger partial charge in [-0.3, -0.25) is 0 Å². The van der Waals surface area contributed by atoms with E-state index in [1.54, 1.807) is 0 Å². The summed E-state index contributed by atoms with van der Waals surface area (Å²) in [6.07, 6.45) is 4.29. The third kappa shape index (κ3) is 3.44. The summed E-state index contributed by atoms with van der Waals surface area (Å²) in [5.74, 6) is 0. The average molecular weight is 215 g/mol. The van der Waals surface area contributed by atoms with Crippen LogP contribution in [0.3, 0.4) is 0 Å². The van der Waals surface area contributed by atoms with Gasteiger partial charge in [0.15, 0.2) is 0 Å². The van der Waals surface area contributed by atoms with Crippen molar-refractivity contribution in [3.05, 3.63) is 0 Å². The molecule has 0 saturated carbocycles. The number of aliphatic hydroxyl groups is 1. The number of hydrogen-bond acceptors (Lipinski definition) is 3. The SMILES string of the molecule is CCC(C)NC1(CO)CCOC(CC)C1. The lowest BCUT2D eigenvalue weighted by atomic mass is 9.85. The van der Waals surface area contributed by atoms with Gasteiger partial charge in [0.2, 0.25) is 0 Å². The minimum atomic E-state index is -0.103. The van der Waals surface area contributed by atoms with E-state index in [2.05, 4.69) is 26.1 Å². The molecule has 3 nitrogen and oxygen atoms in total.